The molecule has 0 aromatic carbocycles. The Bertz CT molecular complexity index is 528. The van der Waals surface area contributed by atoms with Crippen LogP contribution in [0.3, 0.4) is 0 Å². The van der Waals surface area contributed by atoms with E-state index in [0.717, 1.165) is 0 Å². The molecule has 1 aromatic rings. The van der Waals surface area contributed by atoms with E-state index >= 15 is 0 Å². The number of aliphatic carboxylic acids is 1. The summed E-state index contributed by atoms with van der Waals surface area (Å²) in [5.74, 6) is -0.950. The van der Waals surface area contributed by atoms with Gasteiger partial charge in [0.2, 0.25) is 5.91 Å². The minimum atomic E-state index is -1.12. The van der Waals surface area contributed by atoms with Gasteiger partial charge in [-0.05, 0) is 12.1 Å². The molecule has 21 heavy (non-hydrogen) atoms. The molecule has 2 heterocycles. The molecule has 2 N–H and O–H groups in total. The van der Waals surface area contributed by atoms with E-state index in [0.29, 0.717) is 12.3 Å². The fraction of sp³-hybridized carbons (Fsp3) is 0.462. The molecule has 0 bridgehead atoms. The number of carboxylic acid groups (broad SMARTS) is 1. The number of hydrogen-bond donors (Lipinski definition) is 2. The summed E-state index contributed by atoms with van der Waals surface area (Å²) in [7, 11) is 1.58. The number of furan rings is 1. The molecule has 1 unspecified atom stereocenters. The number of nitrogens with one attached hydrogen (secondary N) is 1. The van der Waals surface area contributed by atoms with Crippen molar-refractivity contribution in [2.75, 3.05) is 20.1 Å². The molecule has 2 rings (SSSR count). The van der Waals surface area contributed by atoms with Gasteiger partial charge in [0.05, 0.1) is 19.2 Å². The van der Waals surface area contributed by atoms with Crippen molar-refractivity contribution in [3.05, 3.63) is 24.2 Å². The minimum absolute atomic E-state index is 0.254. The third-order valence-corrected chi connectivity index (χ3v) is 3.24. The van der Waals surface area contributed by atoms with E-state index in [1.165, 1.54) is 16.1 Å². The van der Waals surface area contributed by atoms with Gasteiger partial charge < -0.3 is 24.6 Å². The molecule has 1 aromatic heterocycles. The summed E-state index contributed by atoms with van der Waals surface area (Å²) in [5, 5.41) is 11.5. The molecule has 3 amide bonds. The molecule has 0 saturated carbocycles. The topological polar surface area (TPSA) is 103 Å². The second kappa shape index (κ2) is 6.29. The van der Waals surface area contributed by atoms with Crippen LogP contribution in [0.4, 0.5) is 4.79 Å². The van der Waals surface area contributed by atoms with Crippen LogP contribution in [0.25, 0.3) is 0 Å². The molecule has 1 atom stereocenters. The molecule has 0 radical (unpaired) electrons. The van der Waals surface area contributed by atoms with Crippen LogP contribution < -0.4 is 5.32 Å². The Labute approximate surface area is 121 Å². The van der Waals surface area contributed by atoms with Gasteiger partial charge in [-0.3, -0.25) is 9.59 Å². The zero-order valence-corrected chi connectivity index (χ0v) is 11.6. The van der Waals surface area contributed by atoms with E-state index in [1.54, 1.807) is 19.2 Å². The Balaban J connectivity index is 2.07. The van der Waals surface area contributed by atoms with Crippen molar-refractivity contribution >= 4 is 17.9 Å². The van der Waals surface area contributed by atoms with Crippen molar-refractivity contribution in [1.29, 1.82) is 0 Å². The summed E-state index contributed by atoms with van der Waals surface area (Å²) in [6.07, 6.45) is 1.10. The Hall–Kier alpha value is -2.51. The van der Waals surface area contributed by atoms with Crippen LogP contribution in [0.2, 0.25) is 0 Å². The number of hydrogen-bond acceptors (Lipinski definition) is 4. The smallest absolute Gasteiger partial charge is 0.320 e. The third-order valence-electron chi connectivity index (χ3n) is 3.24. The molecule has 8 nitrogen and oxygen atoms in total. The number of carboxylic acids is 1. The number of piperazine rings is 1. The molecular formula is C13H17N3O5. The number of amides is 3. The normalized spacial score (nSPS) is 18.2. The number of carbonyl (C=O) groups excluding carboxylic acids is 2. The lowest BCUT2D eigenvalue weighted by atomic mass is 10.1. The number of carbonyl (C=O) groups is 3. The molecular weight excluding hydrogens is 278 g/mol. The zero-order valence-electron chi connectivity index (χ0n) is 11.6. The standard InChI is InChI=1S/C13H17N3O5/c1-15(8-9-3-2-6-21-9)13(20)16-5-4-14-12(19)10(16)7-11(17)18/h2-3,6,10H,4-5,7-8H2,1H3,(H,14,19)(H,17,18). The van der Waals surface area contributed by atoms with Gasteiger partial charge in [-0.2, -0.15) is 0 Å². The fourth-order valence-corrected chi connectivity index (χ4v) is 2.24. The lowest BCUT2D eigenvalue weighted by Gasteiger charge is -2.36. The second-order valence-electron chi connectivity index (χ2n) is 4.82. The summed E-state index contributed by atoms with van der Waals surface area (Å²) in [5.41, 5.74) is 0. The van der Waals surface area contributed by atoms with E-state index in [-0.39, 0.29) is 13.1 Å². The molecule has 114 valence electrons. The third kappa shape index (κ3) is 3.53. The lowest BCUT2D eigenvalue weighted by Crippen LogP contribution is -2.59. The molecule has 1 aliphatic heterocycles. The van der Waals surface area contributed by atoms with Crippen LogP contribution in [0.15, 0.2) is 22.8 Å². The van der Waals surface area contributed by atoms with Crippen molar-refractivity contribution < 1.29 is 23.9 Å². The summed E-state index contributed by atoms with van der Waals surface area (Å²) < 4.78 is 5.17. The van der Waals surface area contributed by atoms with Crippen molar-refractivity contribution in [1.82, 2.24) is 15.1 Å². The highest BCUT2D eigenvalue weighted by atomic mass is 16.4. The Morgan fingerprint density at radius 1 is 1.57 bits per heavy atom. The van der Waals surface area contributed by atoms with Crippen LogP contribution >= 0.6 is 0 Å². The van der Waals surface area contributed by atoms with Gasteiger partial charge in [-0.25, -0.2) is 4.79 Å². The second-order valence-corrected chi connectivity index (χ2v) is 4.82. The highest BCUT2D eigenvalue weighted by molar-refractivity contribution is 5.91. The summed E-state index contributed by atoms with van der Waals surface area (Å²) in [6.45, 7) is 0.851. The predicted molar refractivity (Wildman–Crippen MR) is 71.3 cm³/mol. The van der Waals surface area contributed by atoms with E-state index < -0.39 is 30.4 Å². The van der Waals surface area contributed by atoms with Crippen molar-refractivity contribution in [2.45, 2.75) is 19.0 Å². The van der Waals surface area contributed by atoms with Gasteiger partial charge in [0.25, 0.3) is 0 Å². The summed E-state index contributed by atoms with van der Waals surface area (Å²) in [4.78, 5) is 37.7. The van der Waals surface area contributed by atoms with Gasteiger partial charge in [0.15, 0.2) is 0 Å². The first-order valence-corrected chi connectivity index (χ1v) is 6.52. The average molecular weight is 295 g/mol. The molecule has 1 saturated heterocycles. The Morgan fingerprint density at radius 3 is 2.95 bits per heavy atom. The van der Waals surface area contributed by atoms with Gasteiger partial charge in [-0.1, -0.05) is 0 Å². The van der Waals surface area contributed by atoms with Crippen LogP contribution in [-0.2, 0) is 16.1 Å². The molecule has 0 spiro atoms. The van der Waals surface area contributed by atoms with Gasteiger partial charge >= 0.3 is 12.0 Å². The highest BCUT2D eigenvalue weighted by Gasteiger charge is 2.36. The van der Waals surface area contributed by atoms with Crippen LogP contribution in [0.5, 0.6) is 0 Å². The van der Waals surface area contributed by atoms with E-state index in [1.807, 2.05) is 0 Å². The number of urea groups is 1. The van der Waals surface area contributed by atoms with Gasteiger partial charge in [0, 0.05) is 20.1 Å². The SMILES string of the molecule is CN(Cc1ccco1)C(=O)N1CCNC(=O)C1CC(=O)O. The average Bonchev–Trinajstić information content (AvgIpc) is 2.92. The maximum Gasteiger partial charge on any atom is 0.320 e. The first kappa shape index (κ1) is 14.9. The molecule has 1 aliphatic rings. The maximum atomic E-state index is 12.4. The zero-order chi connectivity index (χ0) is 15.4. The van der Waals surface area contributed by atoms with Crippen molar-refractivity contribution in [3.63, 3.8) is 0 Å². The monoisotopic (exact) mass is 295 g/mol. The summed E-state index contributed by atoms with van der Waals surface area (Å²) >= 11 is 0. The number of nitrogens with zero attached hydrogens (tertiary/aromatic N) is 2. The number of rotatable bonds is 4. The first-order valence-electron chi connectivity index (χ1n) is 6.52. The predicted octanol–water partition coefficient (Wildman–Crippen LogP) is 0.107. The Kier molecular flexibility index (Phi) is 4.46. The van der Waals surface area contributed by atoms with Crippen LogP contribution in [0, 0.1) is 0 Å². The summed E-state index contributed by atoms with van der Waals surface area (Å²) in [6, 6.07) is 2.08. The highest BCUT2D eigenvalue weighted by Crippen LogP contribution is 2.13. The van der Waals surface area contributed by atoms with Gasteiger partial charge in [0.1, 0.15) is 11.8 Å². The Morgan fingerprint density at radius 2 is 2.33 bits per heavy atom. The van der Waals surface area contributed by atoms with Gasteiger partial charge in [-0.15, -0.1) is 0 Å². The maximum absolute atomic E-state index is 12.4. The first-order chi connectivity index (χ1) is 9.99. The lowest BCUT2D eigenvalue weighted by molar-refractivity contribution is -0.142. The quantitative estimate of drug-likeness (QED) is 0.820. The largest absolute Gasteiger partial charge is 0.481 e. The molecule has 0 aliphatic carbocycles. The van der Waals surface area contributed by atoms with Crippen LogP contribution in [0.1, 0.15) is 12.2 Å². The fourth-order valence-electron chi connectivity index (χ4n) is 2.24. The van der Waals surface area contributed by atoms with E-state index in [9.17, 15) is 14.4 Å². The van der Waals surface area contributed by atoms with Crippen molar-refractivity contribution in [3.8, 4) is 0 Å². The van der Waals surface area contributed by atoms with Crippen molar-refractivity contribution in [2.24, 2.45) is 0 Å². The van der Waals surface area contributed by atoms with Crippen LogP contribution in [-0.4, -0.2) is 59.0 Å². The van der Waals surface area contributed by atoms with E-state index in [4.69, 9.17) is 9.52 Å². The minimum Gasteiger partial charge on any atom is -0.481 e. The molecule has 1 fully saturated rings. The molecule has 8 heteroatoms. The van der Waals surface area contributed by atoms with E-state index in [2.05, 4.69) is 5.32 Å².